The molecule has 1 aliphatic rings. The average molecular weight is 420 g/mol. The predicted molar refractivity (Wildman–Crippen MR) is 118 cm³/mol. The van der Waals surface area contributed by atoms with Gasteiger partial charge in [0.2, 0.25) is 0 Å². The van der Waals surface area contributed by atoms with E-state index in [9.17, 15) is 9.18 Å². The molecule has 0 spiro atoms. The quantitative estimate of drug-likeness (QED) is 0.656. The van der Waals surface area contributed by atoms with Gasteiger partial charge in [-0.15, -0.1) is 0 Å². The molecule has 6 heteroatoms. The smallest absolute Gasteiger partial charge is 0.253 e. The average Bonchev–Trinajstić information content (AvgIpc) is 2.80. The molecule has 4 rings (SSSR count). The van der Waals surface area contributed by atoms with Crippen LogP contribution in [0.3, 0.4) is 0 Å². The lowest BCUT2D eigenvalue weighted by molar-refractivity contribution is 0.0162. The van der Waals surface area contributed by atoms with Gasteiger partial charge in [0.05, 0.1) is 36.2 Å². The molecule has 1 amide bonds. The van der Waals surface area contributed by atoms with E-state index in [-0.39, 0.29) is 17.8 Å². The number of aryl methyl sites for hydroxylation is 1. The van der Waals surface area contributed by atoms with Gasteiger partial charge in [-0.1, -0.05) is 42.5 Å². The van der Waals surface area contributed by atoms with E-state index in [1.165, 1.54) is 12.1 Å². The lowest BCUT2D eigenvalue weighted by Crippen LogP contribution is -2.44. The second-order valence-electron chi connectivity index (χ2n) is 7.62. The standard InChI is InChI=1S/C25H26FN3O2/c1-18-22(10-11-23(28-18)19-6-3-2-4-7-19)25(30)27-17-24(29-12-14-31-15-13-29)20-8-5-9-21(26)16-20/h2-11,16,24H,12-15,17H2,1H3,(H,27,30). The van der Waals surface area contributed by atoms with Gasteiger partial charge in [0.1, 0.15) is 5.82 Å². The molecule has 1 aromatic heterocycles. The third-order valence-corrected chi connectivity index (χ3v) is 5.58. The number of carbonyl (C=O) groups is 1. The fourth-order valence-corrected chi connectivity index (χ4v) is 3.92. The highest BCUT2D eigenvalue weighted by molar-refractivity contribution is 5.95. The number of benzene rings is 2. The van der Waals surface area contributed by atoms with Crippen LogP contribution in [0.25, 0.3) is 11.3 Å². The highest BCUT2D eigenvalue weighted by Crippen LogP contribution is 2.23. The fraction of sp³-hybridized carbons (Fsp3) is 0.280. The van der Waals surface area contributed by atoms with Gasteiger partial charge >= 0.3 is 0 Å². The van der Waals surface area contributed by atoms with Crippen molar-refractivity contribution in [2.24, 2.45) is 0 Å². The van der Waals surface area contributed by atoms with Gasteiger partial charge in [0.15, 0.2) is 0 Å². The third-order valence-electron chi connectivity index (χ3n) is 5.58. The highest BCUT2D eigenvalue weighted by atomic mass is 19.1. The van der Waals surface area contributed by atoms with Crippen LogP contribution in [-0.2, 0) is 4.74 Å². The summed E-state index contributed by atoms with van der Waals surface area (Å²) < 4.78 is 19.3. The van der Waals surface area contributed by atoms with Crippen LogP contribution in [0.2, 0.25) is 0 Å². The maximum Gasteiger partial charge on any atom is 0.253 e. The summed E-state index contributed by atoms with van der Waals surface area (Å²) in [5.74, 6) is -0.460. The lowest BCUT2D eigenvalue weighted by atomic mass is 10.0. The molecule has 1 saturated heterocycles. The van der Waals surface area contributed by atoms with Crippen LogP contribution in [0.15, 0.2) is 66.7 Å². The number of nitrogens with one attached hydrogen (secondary N) is 1. The second kappa shape index (κ2) is 9.81. The lowest BCUT2D eigenvalue weighted by Gasteiger charge is -2.35. The number of halogens is 1. The van der Waals surface area contributed by atoms with E-state index in [1.807, 2.05) is 55.5 Å². The van der Waals surface area contributed by atoms with Gasteiger partial charge in [-0.2, -0.15) is 0 Å². The first-order chi connectivity index (χ1) is 15.1. The van der Waals surface area contributed by atoms with Crippen LogP contribution in [0, 0.1) is 12.7 Å². The number of hydrogen-bond donors (Lipinski definition) is 1. The van der Waals surface area contributed by atoms with Crippen molar-refractivity contribution in [1.82, 2.24) is 15.2 Å². The minimum atomic E-state index is -0.279. The summed E-state index contributed by atoms with van der Waals surface area (Å²) in [5.41, 5.74) is 3.90. The SMILES string of the molecule is Cc1nc(-c2ccccc2)ccc1C(=O)NCC(c1cccc(F)c1)N1CCOCC1. The number of morpholine rings is 1. The Morgan fingerprint density at radius 2 is 1.87 bits per heavy atom. The van der Waals surface area contributed by atoms with Crippen molar-refractivity contribution >= 4 is 5.91 Å². The number of hydrogen-bond acceptors (Lipinski definition) is 4. The Labute approximate surface area is 181 Å². The first-order valence-corrected chi connectivity index (χ1v) is 10.5. The molecule has 1 unspecified atom stereocenters. The Morgan fingerprint density at radius 1 is 1.10 bits per heavy atom. The van der Waals surface area contributed by atoms with Crippen LogP contribution in [0.5, 0.6) is 0 Å². The molecule has 0 radical (unpaired) electrons. The van der Waals surface area contributed by atoms with E-state index >= 15 is 0 Å². The minimum Gasteiger partial charge on any atom is -0.379 e. The van der Waals surface area contributed by atoms with Crippen molar-refractivity contribution in [1.29, 1.82) is 0 Å². The molecule has 1 atom stereocenters. The van der Waals surface area contributed by atoms with Crippen molar-refractivity contribution in [3.63, 3.8) is 0 Å². The zero-order valence-corrected chi connectivity index (χ0v) is 17.6. The Bertz CT molecular complexity index is 1040. The van der Waals surface area contributed by atoms with Gasteiger partial charge in [-0.25, -0.2) is 4.39 Å². The van der Waals surface area contributed by atoms with E-state index in [4.69, 9.17) is 4.74 Å². The number of nitrogens with zero attached hydrogens (tertiary/aromatic N) is 2. The maximum absolute atomic E-state index is 13.9. The maximum atomic E-state index is 13.9. The van der Waals surface area contributed by atoms with Crippen LogP contribution >= 0.6 is 0 Å². The summed E-state index contributed by atoms with van der Waals surface area (Å²) in [6.45, 7) is 4.95. The summed E-state index contributed by atoms with van der Waals surface area (Å²) in [6, 6.07) is 20.0. The van der Waals surface area contributed by atoms with Crippen molar-refractivity contribution in [3.8, 4) is 11.3 Å². The fourth-order valence-electron chi connectivity index (χ4n) is 3.92. The number of rotatable bonds is 6. The first kappa shape index (κ1) is 21.2. The Morgan fingerprint density at radius 3 is 2.58 bits per heavy atom. The van der Waals surface area contributed by atoms with Crippen LogP contribution < -0.4 is 5.32 Å². The Hall–Kier alpha value is -3.09. The topological polar surface area (TPSA) is 54.5 Å². The van der Waals surface area contributed by atoms with E-state index in [2.05, 4.69) is 15.2 Å². The first-order valence-electron chi connectivity index (χ1n) is 10.5. The highest BCUT2D eigenvalue weighted by Gasteiger charge is 2.24. The van der Waals surface area contributed by atoms with Gasteiger partial charge in [-0.3, -0.25) is 14.7 Å². The van der Waals surface area contributed by atoms with Crippen molar-refractivity contribution in [2.75, 3.05) is 32.8 Å². The van der Waals surface area contributed by atoms with E-state index < -0.39 is 0 Å². The van der Waals surface area contributed by atoms with Crippen LogP contribution in [-0.4, -0.2) is 48.6 Å². The van der Waals surface area contributed by atoms with Crippen molar-refractivity contribution in [3.05, 3.63) is 89.4 Å². The molecule has 5 nitrogen and oxygen atoms in total. The number of ether oxygens (including phenoxy) is 1. The van der Waals surface area contributed by atoms with Gasteiger partial charge < -0.3 is 10.1 Å². The van der Waals surface area contributed by atoms with E-state index in [0.29, 0.717) is 31.0 Å². The monoisotopic (exact) mass is 419 g/mol. The summed E-state index contributed by atoms with van der Waals surface area (Å²) >= 11 is 0. The number of carbonyl (C=O) groups excluding carboxylic acids is 1. The summed E-state index contributed by atoms with van der Waals surface area (Å²) in [5, 5.41) is 3.03. The molecule has 31 heavy (non-hydrogen) atoms. The molecule has 160 valence electrons. The number of aromatic nitrogens is 1. The molecule has 1 fully saturated rings. The Balaban J connectivity index is 1.50. The van der Waals surface area contributed by atoms with E-state index in [1.54, 1.807) is 6.07 Å². The van der Waals surface area contributed by atoms with Crippen molar-refractivity contribution < 1.29 is 13.9 Å². The largest absolute Gasteiger partial charge is 0.379 e. The molecular formula is C25H26FN3O2. The molecule has 0 aliphatic carbocycles. The normalized spacial score (nSPS) is 15.4. The molecule has 1 aliphatic heterocycles. The second-order valence-corrected chi connectivity index (χ2v) is 7.62. The third kappa shape index (κ3) is 5.16. The van der Waals surface area contributed by atoms with Gasteiger partial charge in [0, 0.05) is 25.2 Å². The minimum absolute atomic E-state index is 0.125. The molecular weight excluding hydrogens is 393 g/mol. The zero-order valence-electron chi connectivity index (χ0n) is 17.6. The molecule has 0 saturated carbocycles. The van der Waals surface area contributed by atoms with Gasteiger partial charge in [0.25, 0.3) is 5.91 Å². The predicted octanol–water partition coefficient (Wildman–Crippen LogP) is 4.00. The van der Waals surface area contributed by atoms with Crippen molar-refractivity contribution in [2.45, 2.75) is 13.0 Å². The molecule has 1 N–H and O–H groups in total. The summed E-state index contributed by atoms with van der Waals surface area (Å²) in [4.78, 5) is 19.8. The molecule has 0 bridgehead atoms. The molecule has 2 aromatic carbocycles. The van der Waals surface area contributed by atoms with Crippen LogP contribution in [0.1, 0.15) is 27.7 Å². The van der Waals surface area contributed by atoms with Gasteiger partial charge in [-0.05, 0) is 36.8 Å². The zero-order chi connectivity index (χ0) is 21.6. The summed E-state index contributed by atoms with van der Waals surface area (Å²) in [6.07, 6.45) is 0. The molecule has 2 heterocycles. The number of pyridine rings is 1. The van der Waals surface area contributed by atoms with Crippen LogP contribution in [0.4, 0.5) is 4.39 Å². The Kier molecular flexibility index (Phi) is 6.70. The summed E-state index contributed by atoms with van der Waals surface area (Å²) in [7, 11) is 0. The van der Waals surface area contributed by atoms with E-state index in [0.717, 1.165) is 29.9 Å². The molecule has 3 aromatic rings. The number of amides is 1.